The number of nitrogens with zero attached hydrogens (tertiary/aromatic N) is 3. The van der Waals surface area contributed by atoms with Crippen LogP contribution in [0.4, 0.5) is 4.39 Å². The van der Waals surface area contributed by atoms with Crippen molar-refractivity contribution in [3.63, 3.8) is 0 Å². The van der Waals surface area contributed by atoms with Crippen LogP contribution in [-0.4, -0.2) is 57.8 Å². The summed E-state index contributed by atoms with van der Waals surface area (Å²) in [6.45, 7) is 2.03. The molecule has 3 aromatic rings. The SMILES string of the molecule is O=C(CCCc1nc2ccccc2[nH]1)N1CCCN(C(=O)c2ccccc2F)CC1. The van der Waals surface area contributed by atoms with Crippen LogP contribution in [0.5, 0.6) is 0 Å². The molecule has 0 radical (unpaired) electrons. The van der Waals surface area contributed by atoms with Gasteiger partial charge in [0.2, 0.25) is 5.91 Å². The zero-order chi connectivity index (χ0) is 20.9. The van der Waals surface area contributed by atoms with Crippen LogP contribution in [0.3, 0.4) is 0 Å². The monoisotopic (exact) mass is 408 g/mol. The molecule has 0 atom stereocenters. The molecule has 156 valence electrons. The lowest BCUT2D eigenvalue weighted by atomic mass is 10.2. The van der Waals surface area contributed by atoms with Gasteiger partial charge in [0.05, 0.1) is 16.6 Å². The number of hydrogen-bond donors (Lipinski definition) is 1. The highest BCUT2D eigenvalue weighted by atomic mass is 19.1. The van der Waals surface area contributed by atoms with E-state index in [4.69, 9.17) is 0 Å². The number of hydrogen-bond acceptors (Lipinski definition) is 3. The fraction of sp³-hybridized carbons (Fsp3) is 0.348. The quantitative estimate of drug-likeness (QED) is 0.704. The fourth-order valence-corrected chi connectivity index (χ4v) is 3.86. The third-order valence-electron chi connectivity index (χ3n) is 5.48. The lowest BCUT2D eigenvalue weighted by Crippen LogP contribution is -2.37. The first-order valence-corrected chi connectivity index (χ1v) is 10.4. The second-order valence-electron chi connectivity index (χ2n) is 7.56. The number of carbonyl (C=O) groups is 2. The number of aromatic amines is 1. The summed E-state index contributed by atoms with van der Waals surface area (Å²) in [5.41, 5.74) is 2.03. The van der Waals surface area contributed by atoms with Crippen molar-refractivity contribution in [2.75, 3.05) is 26.2 Å². The summed E-state index contributed by atoms with van der Waals surface area (Å²) in [6, 6.07) is 13.9. The maximum atomic E-state index is 13.9. The van der Waals surface area contributed by atoms with Crippen LogP contribution < -0.4 is 0 Å². The maximum absolute atomic E-state index is 13.9. The number of para-hydroxylation sites is 2. The van der Waals surface area contributed by atoms with Crippen molar-refractivity contribution in [1.82, 2.24) is 19.8 Å². The number of carbonyl (C=O) groups excluding carboxylic acids is 2. The summed E-state index contributed by atoms with van der Waals surface area (Å²) < 4.78 is 13.9. The van der Waals surface area contributed by atoms with E-state index in [0.717, 1.165) is 16.9 Å². The number of nitrogens with one attached hydrogen (secondary N) is 1. The van der Waals surface area contributed by atoms with E-state index in [-0.39, 0.29) is 17.4 Å². The van der Waals surface area contributed by atoms with E-state index in [9.17, 15) is 14.0 Å². The molecule has 0 unspecified atom stereocenters. The van der Waals surface area contributed by atoms with E-state index in [1.807, 2.05) is 29.2 Å². The minimum Gasteiger partial charge on any atom is -0.342 e. The standard InChI is InChI=1S/C23H25FN4O2/c24-18-8-2-1-7-17(18)23(30)28-14-6-13-27(15-16-28)22(29)12-5-11-21-25-19-9-3-4-10-20(19)26-21/h1-4,7-10H,5-6,11-16H2,(H,25,26). The smallest absolute Gasteiger partial charge is 0.256 e. The highest BCUT2D eigenvalue weighted by molar-refractivity contribution is 5.94. The molecule has 0 aliphatic carbocycles. The molecule has 4 rings (SSSR count). The third kappa shape index (κ3) is 4.50. The average Bonchev–Trinajstić information content (AvgIpc) is 3.00. The van der Waals surface area contributed by atoms with Gasteiger partial charge in [0.1, 0.15) is 11.6 Å². The molecule has 0 bridgehead atoms. The summed E-state index contributed by atoms with van der Waals surface area (Å²) in [4.78, 5) is 36.6. The van der Waals surface area contributed by atoms with E-state index >= 15 is 0 Å². The topological polar surface area (TPSA) is 69.3 Å². The number of halogens is 1. The minimum absolute atomic E-state index is 0.0862. The van der Waals surface area contributed by atoms with Gasteiger partial charge in [0.15, 0.2) is 0 Å². The largest absolute Gasteiger partial charge is 0.342 e. The van der Waals surface area contributed by atoms with E-state index in [1.165, 1.54) is 12.1 Å². The van der Waals surface area contributed by atoms with Crippen LogP contribution in [0.15, 0.2) is 48.5 Å². The van der Waals surface area contributed by atoms with Gasteiger partial charge in [-0.15, -0.1) is 0 Å². The Morgan fingerprint density at radius 2 is 1.70 bits per heavy atom. The van der Waals surface area contributed by atoms with Gasteiger partial charge in [0.25, 0.3) is 5.91 Å². The Morgan fingerprint density at radius 3 is 2.53 bits per heavy atom. The molecule has 6 nitrogen and oxygen atoms in total. The van der Waals surface area contributed by atoms with Crippen LogP contribution in [0.2, 0.25) is 0 Å². The predicted molar refractivity (Wildman–Crippen MR) is 113 cm³/mol. The number of amides is 2. The van der Waals surface area contributed by atoms with Gasteiger partial charge in [0, 0.05) is 39.0 Å². The fourth-order valence-electron chi connectivity index (χ4n) is 3.86. The number of H-pyrrole nitrogens is 1. The Hall–Kier alpha value is -3.22. The van der Waals surface area contributed by atoms with Crippen molar-refractivity contribution in [2.24, 2.45) is 0 Å². The molecule has 7 heteroatoms. The summed E-state index contributed by atoms with van der Waals surface area (Å²) in [7, 11) is 0. The molecule has 2 amide bonds. The van der Waals surface area contributed by atoms with E-state index < -0.39 is 5.82 Å². The molecule has 30 heavy (non-hydrogen) atoms. The molecule has 1 fully saturated rings. The zero-order valence-corrected chi connectivity index (χ0v) is 16.8. The Balaban J connectivity index is 1.28. The predicted octanol–water partition coefficient (Wildman–Crippen LogP) is 3.40. The summed E-state index contributed by atoms with van der Waals surface area (Å²) in [5, 5.41) is 0. The van der Waals surface area contributed by atoms with Crippen molar-refractivity contribution >= 4 is 22.8 Å². The summed E-state index contributed by atoms with van der Waals surface area (Å²) in [6.07, 6.45) is 2.56. The first kappa shape index (κ1) is 20.1. The van der Waals surface area contributed by atoms with Gasteiger partial charge in [-0.3, -0.25) is 9.59 Å². The first-order valence-electron chi connectivity index (χ1n) is 10.4. The van der Waals surface area contributed by atoms with Crippen LogP contribution >= 0.6 is 0 Å². The normalized spacial score (nSPS) is 14.7. The van der Waals surface area contributed by atoms with E-state index in [1.54, 1.807) is 17.0 Å². The number of imidazole rings is 1. The van der Waals surface area contributed by atoms with Crippen molar-refractivity contribution in [1.29, 1.82) is 0 Å². The second-order valence-corrected chi connectivity index (χ2v) is 7.56. The zero-order valence-electron chi connectivity index (χ0n) is 16.8. The van der Waals surface area contributed by atoms with Gasteiger partial charge < -0.3 is 14.8 Å². The molecule has 1 aliphatic rings. The minimum atomic E-state index is -0.509. The molecule has 1 saturated heterocycles. The number of aryl methyl sites for hydroxylation is 1. The Kier molecular flexibility index (Phi) is 6.07. The van der Waals surface area contributed by atoms with Crippen LogP contribution in [0.1, 0.15) is 35.4 Å². The average molecular weight is 408 g/mol. The first-order chi connectivity index (χ1) is 14.6. The molecule has 0 spiro atoms. The van der Waals surface area contributed by atoms with Crippen molar-refractivity contribution in [2.45, 2.75) is 25.7 Å². The third-order valence-corrected chi connectivity index (χ3v) is 5.48. The Labute approximate surface area is 174 Å². The number of aromatic nitrogens is 2. The van der Waals surface area contributed by atoms with Crippen LogP contribution in [0.25, 0.3) is 11.0 Å². The Bertz CT molecular complexity index is 1020. The molecule has 2 aromatic carbocycles. The maximum Gasteiger partial charge on any atom is 0.256 e. The molecule has 2 heterocycles. The van der Waals surface area contributed by atoms with Gasteiger partial charge >= 0.3 is 0 Å². The molecule has 1 N–H and O–H groups in total. The Morgan fingerprint density at radius 1 is 0.967 bits per heavy atom. The number of fused-ring (bicyclic) bond motifs is 1. The van der Waals surface area contributed by atoms with Crippen molar-refractivity contribution < 1.29 is 14.0 Å². The highest BCUT2D eigenvalue weighted by Gasteiger charge is 2.24. The number of rotatable bonds is 5. The van der Waals surface area contributed by atoms with E-state index in [2.05, 4.69) is 9.97 Å². The van der Waals surface area contributed by atoms with Gasteiger partial charge in [-0.05, 0) is 37.1 Å². The van der Waals surface area contributed by atoms with Gasteiger partial charge in [-0.25, -0.2) is 9.37 Å². The lowest BCUT2D eigenvalue weighted by Gasteiger charge is -2.22. The highest BCUT2D eigenvalue weighted by Crippen LogP contribution is 2.15. The molecular weight excluding hydrogens is 383 g/mol. The van der Waals surface area contributed by atoms with Gasteiger partial charge in [-0.1, -0.05) is 24.3 Å². The van der Waals surface area contributed by atoms with Gasteiger partial charge in [-0.2, -0.15) is 0 Å². The van der Waals surface area contributed by atoms with Crippen LogP contribution in [-0.2, 0) is 11.2 Å². The summed E-state index contributed by atoms with van der Waals surface area (Å²) >= 11 is 0. The molecular formula is C23H25FN4O2. The van der Waals surface area contributed by atoms with Crippen LogP contribution in [0, 0.1) is 5.82 Å². The van der Waals surface area contributed by atoms with Crippen molar-refractivity contribution in [3.05, 3.63) is 65.7 Å². The lowest BCUT2D eigenvalue weighted by molar-refractivity contribution is -0.131. The summed E-state index contributed by atoms with van der Waals surface area (Å²) in [5.74, 6) is 0.158. The second kappa shape index (κ2) is 9.07. The van der Waals surface area contributed by atoms with Crippen molar-refractivity contribution in [3.8, 4) is 0 Å². The number of benzene rings is 2. The molecule has 1 aromatic heterocycles. The molecule has 0 saturated carbocycles. The van der Waals surface area contributed by atoms with E-state index in [0.29, 0.717) is 51.9 Å². The molecule has 1 aliphatic heterocycles.